The van der Waals surface area contributed by atoms with Crippen LogP contribution in [0.1, 0.15) is 34.5 Å². The molecule has 43 heavy (non-hydrogen) atoms. The molecule has 14 heteroatoms. The number of hydrogen-bond donors (Lipinski definition) is 2. The van der Waals surface area contributed by atoms with E-state index < -0.39 is 77.2 Å². The Labute approximate surface area is 239 Å². The largest absolute Gasteiger partial charge is 0.494 e. The summed E-state index contributed by atoms with van der Waals surface area (Å²) < 4.78 is 110. The molecule has 2 aromatic heterocycles. The smallest absolute Gasteiger partial charge is 0.422 e. The van der Waals surface area contributed by atoms with Gasteiger partial charge in [0.1, 0.15) is 29.4 Å². The summed E-state index contributed by atoms with van der Waals surface area (Å²) >= 11 is 0. The van der Waals surface area contributed by atoms with Gasteiger partial charge in [-0.2, -0.15) is 26.3 Å². The van der Waals surface area contributed by atoms with Crippen LogP contribution in [0.5, 0.6) is 11.5 Å². The number of benzene rings is 2. The van der Waals surface area contributed by atoms with E-state index in [1.165, 1.54) is 25.4 Å². The van der Waals surface area contributed by atoms with Gasteiger partial charge in [0.15, 0.2) is 17.1 Å². The Balaban J connectivity index is 1.60. The average Bonchev–Trinajstić information content (AvgIpc) is 3.32. The summed E-state index contributed by atoms with van der Waals surface area (Å²) in [5, 5.41) is 11.6. The Morgan fingerprint density at radius 1 is 1.09 bits per heavy atom. The Hall–Kier alpha value is -4.30. The summed E-state index contributed by atoms with van der Waals surface area (Å²) in [7, 11) is 1.32. The van der Waals surface area contributed by atoms with E-state index in [-0.39, 0.29) is 16.9 Å². The Kier molecular flexibility index (Phi) is 7.33. The van der Waals surface area contributed by atoms with Crippen LogP contribution in [0.15, 0.2) is 60.8 Å². The van der Waals surface area contributed by atoms with E-state index in [0.29, 0.717) is 17.0 Å². The average molecular weight is 609 g/mol. The molecule has 0 unspecified atom stereocenters. The van der Waals surface area contributed by atoms with Crippen molar-refractivity contribution in [1.82, 2.24) is 9.97 Å². The molecule has 226 valence electrons. The van der Waals surface area contributed by atoms with Gasteiger partial charge in [0.2, 0.25) is 5.60 Å². The molecule has 0 aliphatic carbocycles. The topological polar surface area (TPSA) is 108 Å². The third-order valence-electron chi connectivity index (χ3n) is 7.34. The van der Waals surface area contributed by atoms with Crippen molar-refractivity contribution in [1.29, 1.82) is 0 Å². The number of hydrogen-bond acceptors (Lipinski definition) is 7. The molecule has 7 nitrogen and oxygen atoms in total. The number of aromatic nitrogens is 2. The molecular formula is C29H22F7N3O4. The fourth-order valence-electron chi connectivity index (χ4n) is 4.85. The Bertz CT molecular complexity index is 1710. The first-order valence-corrected chi connectivity index (χ1v) is 12.6. The molecular weight excluding hydrogens is 587 g/mol. The van der Waals surface area contributed by atoms with Crippen molar-refractivity contribution in [2.24, 2.45) is 5.73 Å². The standard InChI is InChI=1S/C29H22F7N3O4/c1-42-21-12-17(11-16-3-2-10-38-23(16)21)20(40)8-9-27(41,29(34,35)36)22-13-19-25(43-14-26(19,37)28(31,32)33)24(39-22)15-4-6-18(30)7-5-15/h2-7,10-13,41H,8-9,14,37H2,1H3/t26-,27+/m1/s1. The predicted molar refractivity (Wildman–Crippen MR) is 139 cm³/mol. The Morgan fingerprint density at radius 3 is 2.42 bits per heavy atom. The van der Waals surface area contributed by atoms with E-state index in [4.69, 9.17) is 15.2 Å². The highest BCUT2D eigenvalue weighted by Gasteiger charge is 2.61. The zero-order valence-corrected chi connectivity index (χ0v) is 22.2. The van der Waals surface area contributed by atoms with Gasteiger partial charge in [-0.3, -0.25) is 9.78 Å². The Morgan fingerprint density at radius 2 is 1.79 bits per heavy atom. The van der Waals surface area contributed by atoms with Crippen LogP contribution >= 0.6 is 0 Å². The number of fused-ring (bicyclic) bond motifs is 2. The number of halogens is 7. The number of ketones is 1. The number of alkyl halides is 6. The summed E-state index contributed by atoms with van der Waals surface area (Å²) in [6, 6.07) is 10.3. The van der Waals surface area contributed by atoms with E-state index in [1.807, 2.05) is 0 Å². The van der Waals surface area contributed by atoms with Gasteiger partial charge in [0.25, 0.3) is 0 Å². The van der Waals surface area contributed by atoms with E-state index in [0.717, 1.165) is 24.3 Å². The second-order valence-electron chi connectivity index (χ2n) is 10.0. The van der Waals surface area contributed by atoms with Gasteiger partial charge in [-0.05, 0) is 55.0 Å². The fraction of sp³-hybridized carbons (Fsp3) is 0.276. The molecule has 4 aromatic rings. The molecule has 5 rings (SSSR count). The maximum atomic E-state index is 14.6. The molecule has 3 heterocycles. The lowest BCUT2D eigenvalue weighted by Crippen LogP contribution is -2.52. The molecule has 0 saturated carbocycles. The number of rotatable bonds is 7. The van der Waals surface area contributed by atoms with Crippen LogP contribution in [-0.4, -0.2) is 46.9 Å². The number of methoxy groups -OCH3 is 1. The lowest BCUT2D eigenvalue weighted by molar-refractivity contribution is -0.270. The fourth-order valence-corrected chi connectivity index (χ4v) is 4.85. The van der Waals surface area contributed by atoms with Crippen molar-refractivity contribution in [3.05, 3.63) is 83.4 Å². The third kappa shape index (κ3) is 5.14. The number of ether oxygens (including phenoxy) is 2. The van der Waals surface area contributed by atoms with Crippen molar-refractivity contribution in [2.75, 3.05) is 13.7 Å². The van der Waals surface area contributed by atoms with Crippen molar-refractivity contribution < 1.29 is 50.1 Å². The van der Waals surface area contributed by atoms with Crippen molar-refractivity contribution in [2.45, 2.75) is 36.3 Å². The molecule has 1 aliphatic heterocycles. The van der Waals surface area contributed by atoms with Crippen molar-refractivity contribution >= 4 is 16.7 Å². The van der Waals surface area contributed by atoms with Gasteiger partial charge in [-0.15, -0.1) is 0 Å². The number of Topliss-reactive ketones (excluding diaryl/α,β-unsaturated/α-hetero) is 1. The zero-order chi connectivity index (χ0) is 31.4. The summed E-state index contributed by atoms with van der Waals surface area (Å²) in [6.45, 7) is -1.17. The number of nitrogens with two attached hydrogens (primary N) is 1. The van der Waals surface area contributed by atoms with Crippen LogP contribution in [0.3, 0.4) is 0 Å². The van der Waals surface area contributed by atoms with Gasteiger partial charge in [0, 0.05) is 34.7 Å². The summed E-state index contributed by atoms with van der Waals surface area (Å²) in [4.78, 5) is 21.1. The molecule has 0 bridgehead atoms. The molecule has 0 spiro atoms. The SMILES string of the molecule is COc1cc(C(=O)CC[C@](O)(c2cc3c(c(-c4ccc(F)cc4)n2)OC[C@]3(N)C(F)(F)F)C(F)(F)F)cc2cccnc12. The van der Waals surface area contributed by atoms with Gasteiger partial charge < -0.3 is 20.3 Å². The molecule has 0 radical (unpaired) electrons. The first-order chi connectivity index (χ1) is 20.1. The van der Waals surface area contributed by atoms with E-state index in [9.17, 15) is 40.6 Å². The number of carbonyl (C=O) groups excluding carboxylic acids is 1. The van der Waals surface area contributed by atoms with E-state index in [1.54, 1.807) is 12.1 Å². The summed E-state index contributed by atoms with van der Waals surface area (Å²) in [5.74, 6) is -1.93. The molecule has 2 aromatic carbocycles. The van der Waals surface area contributed by atoms with Crippen LogP contribution < -0.4 is 15.2 Å². The minimum absolute atomic E-state index is 0.0396. The van der Waals surface area contributed by atoms with Gasteiger partial charge in [-0.25, -0.2) is 9.37 Å². The zero-order valence-electron chi connectivity index (χ0n) is 22.2. The lowest BCUT2D eigenvalue weighted by atomic mass is 9.85. The lowest BCUT2D eigenvalue weighted by Gasteiger charge is -2.32. The maximum Gasteiger partial charge on any atom is 0.422 e. The van der Waals surface area contributed by atoms with Crippen LogP contribution in [0.25, 0.3) is 22.2 Å². The normalized spacial score (nSPS) is 18.2. The number of pyridine rings is 2. The maximum absolute atomic E-state index is 14.6. The van der Waals surface area contributed by atoms with E-state index in [2.05, 4.69) is 9.97 Å². The van der Waals surface area contributed by atoms with Crippen LogP contribution in [0, 0.1) is 5.82 Å². The highest BCUT2D eigenvalue weighted by molar-refractivity contribution is 6.01. The molecule has 3 N–H and O–H groups in total. The minimum Gasteiger partial charge on any atom is -0.494 e. The quantitative estimate of drug-likeness (QED) is 0.197. The first kappa shape index (κ1) is 30.2. The number of aliphatic hydroxyl groups is 1. The van der Waals surface area contributed by atoms with Crippen LogP contribution in [0.2, 0.25) is 0 Å². The van der Waals surface area contributed by atoms with Crippen molar-refractivity contribution in [3.63, 3.8) is 0 Å². The third-order valence-corrected chi connectivity index (χ3v) is 7.34. The van der Waals surface area contributed by atoms with E-state index >= 15 is 0 Å². The van der Waals surface area contributed by atoms with Crippen LogP contribution in [-0.2, 0) is 11.1 Å². The van der Waals surface area contributed by atoms with Crippen LogP contribution in [0.4, 0.5) is 30.7 Å². The molecule has 2 atom stereocenters. The summed E-state index contributed by atoms with van der Waals surface area (Å²) in [5.41, 5.74) is -3.89. The molecule has 0 saturated heterocycles. The van der Waals surface area contributed by atoms with Gasteiger partial charge >= 0.3 is 12.4 Å². The minimum atomic E-state index is -5.51. The second kappa shape index (κ2) is 10.5. The summed E-state index contributed by atoms with van der Waals surface area (Å²) in [6.07, 6.45) is -11.4. The molecule has 0 fully saturated rings. The van der Waals surface area contributed by atoms with Gasteiger partial charge in [-0.1, -0.05) is 6.07 Å². The number of nitrogens with zero attached hydrogens (tertiary/aromatic N) is 2. The van der Waals surface area contributed by atoms with Gasteiger partial charge in [0.05, 0.1) is 12.8 Å². The first-order valence-electron chi connectivity index (χ1n) is 12.6. The highest BCUT2D eigenvalue weighted by Crippen LogP contribution is 2.51. The molecule has 1 aliphatic rings. The monoisotopic (exact) mass is 609 g/mol. The predicted octanol–water partition coefficient (Wildman–Crippen LogP) is 5.97. The van der Waals surface area contributed by atoms with Crippen molar-refractivity contribution in [3.8, 4) is 22.8 Å². The number of carbonyl (C=O) groups is 1. The highest BCUT2D eigenvalue weighted by atomic mass is 19.4. The second-order valence-corrected chi connectivity index (χ2v) is 10.0. The molecule has 0 amide bonds.